The number of nitrogen functional groups attached to an aromatic ring is 1. The molecular formula is C18H18F3N5O5. The van der Waals surface area contributed by atoms with Crippen molar-refractivity contribution < 1.29 is 28.1 Å². The summed E-state index contributed by atoms with van der Waals surface area (Å²) in [6.07, 6.45) is -7.57. The summed E-state index contributed by atoms with van der Waals surface area (Å²) in [6, 6.07) is 4.13. The van der Waals surface area contributed by atoms with Crippen LogP contribution in [0.1, 0.15) is 23.8 Å². The molecule has 1 aromatic carbocycles. The third-order valence-corrected chi connectivity index (χ3v) is 5.08. The Morgan fingerprint density at radius 2 is 1.94 bits per heavy atom. The van der Waals surface area contributed by atoms with E-state index in [4.69, 9.17) is 10.5 Å². The number of ether oxygens (including phenoxy) is 1. The second-order valence-electron chi connectivity index (χ2n) is 7.19. The lowest BCUT2D eigenvalue weighted by Gasteiger charge is -2.15. The first-order chi connectivity index (χ1) is 14.6. The molecule has 1 aliphatic rings. The molecule has 166 valence electrons. The number of H-pyrrole nitrogens is 1. The number of fused-ring (bicyclic) bond motifs is 1. The minimum atomic E-state index is -4.51. The molecule has 0 radical (unpaired) electrons. The Labute approximate surface area is 171 Å². The number of aromatic amines is 1. The van der Waals surface area contributed by atoms with E-state index in [1.54, 1.807) is 0 Å². The molecule has 13 heteroatoms. The largest absolute Gasteiger partial charge is 0.416 e. The highest BCUT2D eigenvalue weighted by molar-refractivity contribution is 5.72. The first-order valence-electron chi connectivity index (χ1n) is 9.21. The second-order valence-corrected chi connectivity index (χ2v) is 7.19. The number of hydrogen-bond donors (Lipinski definition) is 4. The molecule has 0 aliphatic carbocycles. The molecule has 3 atom stereocenters. The van der Waals surface area contributed by atoms with Crippen LogP contribution in [0.3, 0.4) is 0 Å². The number of imidazole rings is 1. The van der Waals surface area contributed by atoms with E-state index in [-0.39, 0.29) is 36.7 Å². The predicted octanol–water partition coefficient (Wildman–Crippen LogP) is 0.176. The van der Waals surface area contributed by atoms with Crippen LogP contribution in [0.4, 0.5) is 19.1 Å². The van der Waals surface area contributed by atoms with Crippen molar-refractivity contribution in [2.75, 3.05) is 12.3 Å². The number of halogens is 3. The van der Waals surface area contributed by atoms with Crippen molar-refractivity contribution in [2.45, 2.75) is 37.6 Å². The molecule has 2 aromatic heterocycles. The average molecular weight is 441 g/mol. The summed E-state index contributed by atoms with van der Waals surface area (Å²) in [6.45, 7) is -0.621. The molecule has 4 rings (SSSR count). The Kier molecular flexibility index (Phi) is 5.11. The first-order valence-corrected chi connectivity index (χ1v) is 9.21. The lowest BCUT2D eigenvalue weighted by Crippen LogP contribution is -2.32. The topological polar surface area (TPSA) is 148 Å². The summed E-state index contributed by atoms with van der Waals surface area (Å²) in [5.41, 5.74) is 3.24. The Bertz CT molecular complexity index is 1230. The van der Waals surface area contributed by atoms with E-state index < -0.39 is 41.4 Å². The van der Waals surface area contributed by atoms with Crippen LogP contribution in [-0.4, -0.2) is 48.1 Å². The number of nitrogens with one attached hydrogen (secondary N) is 1. The van der Waals surface area contributed by atoms with Gasteiger partial charge in [-0.1, -0.05) is 12.1 Å². The third-order valence-electron chi connectivity index (χ3n) is 5.08. The maximum Gasteiger partial charge on any atom is 0.416 e. The van der Waals surface area contributed by atoms with Gasteiger partial charge in [0.2, 0.25) is 5.95 Å². The van der Waals surface area contributed by atoms with Crippen molar-refractivity contribution in [1.29, 1.82) is 0 Å². The number of nitrogens with zero attached hydrogens (tertiary/aromatic N) is 3. The van der Waals surface area contributed by atoms with Crippen molar-refractivity contribution in [3.05, 3.63) is 56.2 Å². The molecule has 0 amide bonds. The monoisotopic (exact) mass is 441 g/mol. The van der Waals surface area contributed by atoms with Crippen molar-refractivity contribution >= 4 is 17.1 Å². The molecule has 3 aromatic rings. The van der Waals surface area contributed by atoms with Gasteiger partial charge in [0.25, 0.3) is 5.56 Å². The Balaban J connectivity index is 1.84. The van der Waals surface area contributed by atoms with Crippen molar-refractivity contribution in [3.63, 3.8) is 0 Å². The van der Waals surface area contributed by atoms with Crippen LogP contribution >= 0.6 is 0 Å². The van der Waals surface area contributed by atoms with Crippen LogP contribution in [0, 0.1) is 0 Å². The number of benzene rings is 1. The zero-order chi connectivity index (χ0) is 22.5. The fourth-order valence-corrected chi connectivity index (χ4v) is 3.64. The Hall–Kier alpha value is -3.16. The summed E-state index contributed by atoms with van der Waals surface area (Å²) in [7, 11) is 0. The highest BCUT2D eigenvalue weighted by atomic mass is 19.4. The fraction of sp³-hybridized carbons (Fsp3) is 0.389. The fourth-order valence-electron chi connectivity index (χ4n) is 3.64. The molecule has 0 unspecified atom stereocenters. The summed E-state index contributed by atoms with van der Waals surface area (Å²) < 4.78 is 45.9. The van der Waals surface area contributed by atoms with Crippen molar-refractivity contribution in [1.82, 2.24) is 19.1 Å². The van der Waals surface area contributed by atoms with Gasteiger partial charge in [-0.2, -0.15) is 18.2 Å². The number of alkyl halides is 3. The van der Waals surface area contributed by atoms with Crippen LogP contribution < -0.4 is 17.0 Å². The molecular weight excluding hydrogens is 423 g/mol. The summed E-state index contributed by atoms with van der Waals surface area (Å²) >= 11 is 0. The molecule has 5 N–H and O–H groups in total. The third kappa shape index (κ3) is 3.71. The molecule has 10 nitrogen and oxygen atoms in total. The number of aromatic nitrogens is 4. The standard InChI is InChI=1S/C18H18F3N5O5/c19-18(20,21)9-3-1-8(2-4-9)6-25-12-13(23-16(22)24-14(12)29)26(17(25)30)15-11(28)5-10(7-27)31-15/h1-4,10-11,15,27-28H,5-7H2,(H3,22,23,24,29)/t10-,11+,15+/m0/s1. The lowest BCUT2D eigenvalue weighted by molar-refractivity contribution is -0.137. The van der Waals surface area contributed by atoms with Crippen molar-refractivity contribution in [3.8, 4) is 0 Å². The van der Waals surface area contributed by atoms with Gasteiger partial charge in [-0.3, -0.25) is 14.3 Å². The van der Waals surface area contributed by atoms with E-state index in [1.165, 1.54) is 12.1 Å². The molecule has 0 saturated carbocycles. The van der Waals surface area contributed by atoms with E-state index in [9.17, 15) is 33.0 Å². The smallest absolute Gasteiger partial charge is 0.394 e. The highest BCUT2D eigenvalue weighted by Gasteiger charge is 2.38. The SMILES string of the molecule is Nc1nc2c(c(=O)[nH]1)n(Cc1ccc(C(F)(F)F)cc1)c(=O)n2[C@@H]1O[C@H](CO)C[C@H]1O. The van der Waals surface area contributed by atoms with E-state index in [0.717, 1.165) is 21.3 Å². The van der Waals surface area contributed by atoms with Gasteiger partial charge in [-0.05, 0) is 17.7 Å². The number of aliphatic hydroxyl groups is 2. The van der Waals surface area contributed by atoms with Gasteiger partial charge in [0.1, 0.15) is 6.10 Å². The van der Waals surface area contributed by atoms with Crippen LogP contribution in [0.2, 0.25) is 0 Å². The molecule has 0 bridgehead atoms. The van der Waals surface area contributed by atoms with E-state index in [1.807, 2.05) is 0 Å². The van der Waals surface area contributed by atoms with Crippen LogP contribution in [0.25, 0.3) is 11.2 Å². The molecule has 1 saturated heterocycles. The maximum absolute atomic E-state index is 13.2. The normalized spacial score (nSPS) is 21.8. The number of aliphatic hydroxyl groups excluding tert-OH is 2. The van der Waals surface area contributed by atoms with Crippen LogP contribution in [-0.2, 0) is 17.5 Å². The minimum Gasteiger partial charge on any atom is -0.394 e. The maximum atomic E-state index is 13.2. The minimum absolute atomic E-state index is 0.0534. The number of rotatable bonds is 4. The zero-order valence-corrected chi connectivity index (χ0v) is 15.8. The second kappa shape index (κ2) is 7.51. The Morgan fingerprint density at radius 1 is 1.26 bits per heavy atom. The summed E-state index contributed by atoms with van der Waals surface area (Å²) in [4.78, 5) is 32.0. The highest BCUT2D eigenvalue weighted by Crippen LogP contribution is 2.31. The molecule has 1 aliphatic heterocycles. The van der Waals surface area contributed by atoms with E-state index in [0.29, 0.717) is 5.56 Å². The van der Waals surface area contributed by atoms with E-state index in [2.05, 4.69) is 9.97 Å². The van der Waals surface area contributed by atoms with Gasteiger partial charge in [-0.25, -0.2) is 9.36 Å². The van der Waals surface area contributed by atoms with E-state index >= 15 is 0 Å². The molecule has 31 heavy (non-hydrogen) atoms. The Morgan fingerprint density at radius 3 is 2.52 bits per heavy atom. The zero-order valence-electron chi connectivity index (χ0n) is 15.8. The lowest BCUT2D eigenvalue weighted by atomic mass is 10.1. The first kappa shape index (κ1) is 21.1. The molecule has 0 spiro atoms. The van der Waals surface area contributed by atoms with Gasteiger partial charge < -0.3 is 20.7 Å². The van der Waals surface area contributed by atoms with Gasteiger partial charge in [0, 0.05) is 6.42 Å². The summed E-state index contributed by atoms with van der Waals surface area (Å²) in [5.74, 6) is -0.274. The predicted molar refractivity (Wildman–Crippen MR) is 101 cm³/mol. The quantitative estimate of drug-likeness (QED) is 0.451. The summed E-state index contributed by atoms with van der Waals surface area (Å²) in [5, 5.41) is 19.6. The van der Waals surface area contributed by atoms with Gasteiger partial charge in [0.05, 0.1) is 24.8 Å². The van der Waals surface area contributed by atoms with Gasteiger partial charge >= 0.3 is 11.9 Å². The molecule has 3 heterocycles. The van der Waals surface area contributed by atoms with Gasteiger partial charge in [-0.15, -0.1) is 0 Å². The average Bonchev–Trinajstić information content (AvgIpc) is 3.18. The number of hydrogen-bond acceptors (Lipinski definition) is 7. The molecule has 1 fully saturated rings. The number of nitrogens with two attached hydrogens (primary N) is 1. The van der Waals surface area contributed by atoms with Crippen molar-refractivity contribution in [2.24, 2.45) is 0 Å². The number of anilines is 1. The van der Waals surface area contributed by atoms with Crippen LogP contribution in [0.15, 0.2) is 33.9 Å². The van der Waals surface area contributed by atoms with Gasteiger partial charge in [0.15, 0.2) is 17.4 Å². The van der Waals surface area contributed by atoms with Crippen LogP contribution in [0.5, 0.6) is 0 Å².